The van der Waals surface area contributed by atoms with E-state index in [1.165, 1.54) is 27.7 Å². The van der Waals surface area contributed by atoms with Crippen LogP contribution in [0.25, 0.3) is 11.4 Å². The molecule has 4 aromatic rings. The third kappa shape index (κ3) is 5.45. The minimum Gasteiger partial charge on any atom is -0.383 e. The van der Waals surface area contributed by atoms with E-state index in [1.807, 2.05) is 20.8 Å². The van der Waals surface area contributed by atoms with Crippen molar-refractivity contribution < 1.29 is 22.8 Å². The number of imidazole rings is 1. The molecule has 198 valence electrons. The van der Waals surface area contributed by atoms with E-state index in [0.717, 1.165) is 12.1 Å². The van der Waals surface area contributed by atoms with Gasteiger partial charge in [-0.1, -0.05) is 26.8 Å². The van der Waals surface area contributed by atoms with Gasteiger partial charge in [0, 0.05) is 22.9 Å². The molecule has 2 aromatic heterocycles. The molecule has 0 radical (unpaired) electrons. The van der Waals surface area contributed by atoms with Crippen molar-refractivity contribution in [2.45, 2.75) is 32.4 Å². The minimum atomic E-state index is -4.53. The predicted octanol–water partition coefficient (Wildman–Crippen LogP) is 4.70. The molecule has 0 fully saturated rings. The van der Waals surface area contributed by atoms with Gasteiger partial charge in [0.25, 0.3) is 5.91 Å². The van der Waals surface area contributed by atoms with Crippen LogP contribution in [0.1, 0.15) is 42.5 Å². The highest BCUT2D eigenvalue weighted by Gasteiger charge is 2.31. The van der Waals surface area contributed by atoms with Gasteiger partial charge in [-0.3, -0.25) is 14.7 Å². The largest absolute Gasteiger partial charge is 0.416 e. The Kier molecular flexibility index (Phi) is 6.62. The van der Waals surface area contributed by atoms with Crippen LogP contribution in [0.2, 0.25) is 0 Å². The SMILES string of the molecule is CC(C)(C)c1cc(NC(=O)Nc2ccc(-n3cnc(C(N)=O)c3N)cc2)n(-c2cccc(C(F)(F)F)c2)n1. The van der Waals surface area contributed by atoms with E-state index in [2.05, 4.69) is 20.7 Å². The summed E-state index contributed by atoms with van der Waals surface area (Å²) in [5.74, 6) is -0.489. The number of nitrogens with one attached hydrogen (secondary N) is 2. The van der Waals surface area contributed by atoms with Crippen molar-refractivity contribution in [1.82, 2.24) is 19.3 Å². The monoisotopic (exact) mass is 526 g/mol. The van der Waals surface area contributed by atoms with Crippen molar-refractivity contribution in [3.63, 3.8) is 0 Å². The first-order chi connectivity index (χ1) is 17.7. The Morgan fingerprint density at radius 1 is 0.947 bits per heavy atom. The second kappa shape index (κ2) is 9.57. The molecule has 4 rings (SSSR count). The lowest BCUT2D eigenvalue weighted by Crippen LogP contribution is -2.21. The van der Waals surface area contributed by atoms with Gasteiger partial charge in [0.15, 0.2) is 5.69 Å². The number of carbonyl (C=O) groups is 2. The number of rotatable bonds is 5. The summed E-state index contributed by atoms with van der Waals surface area (Å²) in [6.45, 7) is 5.70. The highest BCUT2D eigenvalue weighted by atomic mass is 19.4. The summed E-state index contributed by atoms with van der Waals surface area (Å²) in [6.07, 6.45) is -3.18. The van der Waals surface area contributed by atoms with Crippen LogP contribution in [0.5, 0.6) is 0 Å². The van der Waals surface area contributed by atoms with E-state index >= 15 is 0 Å². The lowest BCUT2D eigenvalue weighted by atomic mass is 9.92. The zero-order chi connectivity index (χ0) is 27.8. The number of urea groups is 1. The first-order valence-corrected chi connectivity index (χ1v) is 11.3. The van der Waals surface area contributed by atoms with Gasteiger partial charge in [0.05, 0.1) is 16.9 Å². The number of aromatic nitrogens is 4. The third-order valence-electron chi connectivity index (χ3n) is 5.58. The van der Waals surface area contributed by atoms with Crippen molar-refractivity contribution in [3.8, 4) is 11.4 Å². The number of alkyl halides is 3. The fourth-order valence-electron chi connectivity index (χ4n) is 3.58. The molecule has 0 unspecified atom stereocenters. The maximum Gasteiger partial charge on any atom is 0.416 e. The van der Waals surface area contributed by atoms with E-state index in [4.69, 9.17) is 11.5 Å². The van der Waals surface area contributed by atoms with E-state index in [-0.39, 0.29) is 23.0 Å². The second-order valence-corrected chi connectivity index (χ2v) is 9.46. The molecule has 6 N–H and O–H groups in total. The summed E-state index contributed by atoms with van der Waals surface area (Å²) in [5, 5.41) is 9.79. The molecular formula is C25H25F3N8O2. The lowest BCUT2D eigenvalue weighted by molar-refractivity contribution is -0.137. The van der Waals surface area contributed by atoms with Gasteiger partial charge in [0.1, 0.15) is 18.0 Å². The van der Waals surface area contributed by atoms with Crippen LogP contribution < -0.4 is 22.1 Å². The van der Waals surface area contributed by atoms with Crippen LogP contribution in [0.15, 0.2) is 60.9 Å². The zero-order valence-corrected chi connectivity index (χ0v) is 20.7. The molecule has 13 heteroatoms. The zero-order valence-electron chi connectivity index (χ0n) is 20.7. The summed E-state index contributed by atoms with van der Waals surface area (Å²) < 4.78 is 42.6. The molecule has 0 aliphatic rings. The number of nitrogen functional groups attached to an aromatic ring is 1. The van der Waals surface area contributed by atoms with Crippen LogP contribution in [-0.2, 0) is 11.6 Å². The highest BCUT2D eigenvalue weighted by Crippen LogP contribution is 2.32. The third-order valence-corrected chi connectivity index (χ3v) is 5.58. The number of nitrogens with two attached hydrogens (primary N) is 2. The van der Waals surface area contributed by atoms with E-state index in [1.54, 1.807) is 30.3 Å². The Bertz CT molecular complexity index is 1500. The summed E-state index contributed by atoms with van der Waals surface area (Å²) >= 11 is 0. The minimum absolute atomic E-state index is 0.0569. The number of nitrogens with zero attached hydrogens (tertiary/aromatic N) is 4. The summed E-state index contributed by atoms with van der Waals surface area (Å²) in [7, 11) is 0. The fraction of sp³-hybridized carbons (Fsp3) is 0.200. The van der Waals surface area contributed by atoms with E-state index < -0.39 is 29.1 Å². The van der Waals surface area contributed by atoms with E-state index in [9.17, 15) is 22.8 Å². The molecule has 2 heterocycles. The highest BCUT2D eigenvalue weighted by molar-refractivity contribution is 5.99. The molecule has 3 amide bonds. The van der Waals surface area contributed by atoms with Gasteiger partial charge in [-0.25, -0.2) is 14.5 Å². The normalized spacial score (nSPS) is 11.8. The second-order valence-electron chi connectivity index (χ2n) is 9.46. The summed E-state index contributed by atoms with van der Waals surface area (Å²) in [6, 6.07) is 12.1. The summed E-state index contributed by atoms with van der Waals surface area (Å²) in [4.78, 5) is 28.1. The first kappa shape index (κ1) is 26.3. The number of halogens is 3. The van der Waals surface area contributed by atoms with Crippen LogP contribution >= 0.6 is 0 Å². The predicted molar refractivity (Wildman–Crippen MR) is 136 cm³/mol. The Labute approximate surface area is 215 Å². The molecule has 2 aromatic carbocycles. The maximum atomic E-state index is 13.3. The number of anilines is 3. The van der Waals surface area contributed by atoms with Gasteiger partial charge >= 0.3 is 12.2 Å². The Morgan fingerprint density at radius 2 is 1.63 bits per heavy atom. The van der Waals surface area contributed by atoms with Crippen LogP contribution in [0, 0.1) is 0 Å². The molecule has 10 nitrogen and oxygen atoms in total. The number of hydrogen-bond donors (Lipinski definition) is 4. The smallest absolute Gasteiger partial charge is 0.383 e. The molecule has 0 spiro atoms. The molecule has 0 atom stereocenters. The van der Waals surface area contributed by atoms with E-state index in [0.29, 0.717) is 17.1 Å². The standard InChI is InChI=1S/C25H25F3N8O2/c1-24(2,3)18-12-19(36(34-18)17-6-4-5-14(11-17)25(26,27)28)33-23(38)32-15-7-9-16(10-8-15)35-13-31-20(21(35)29)22(30)37/h4-13H,29H2,1-3H3,(H2,30,37)(H2,32,33,38). The maximum absolute atomic E-state index is 13.3. The average molecular weight is 527 g/mol. The van der Waals surface area contributed by atoms with Crippen LogP contribution in [0.4, 0.5) is 35.3 Å². The summed E-state index contributed by atoms with van der Waals surface area (Å²) in [5.41, 5.74) is 11.5. The molecule has 0 aliphatic carbocycles. The van der Waals surface area contributed by atoms with Gasteiger partial charge in [0.2, 0.25) is 0 Å². The lowest BCUT2D eigenvalue weighted by Gasteiger charge is -2.14. The Morgan fingerprint density at radius 3 is 2.21 bits per heavy atom. The van der Waals surface area contributed by atoms with Crippen LogP contribution in [0.3, 0.4) is 0 Å². The fourth-order valence-corrected chi connectivity index (χ4v) is 3.58. The van der Waals surface area contributed by atoms with Crippen molar-refractivity contribution in [3.05, 3.63) is 77.9 Å². The van der Waals surface area contributed by atoms with Gasteiger partial charge in [-0.05, 0) is 42.5 Å². The number of amides is 3. The Balaban J connectivity index is 1.57. The van der Waals surface area contributed by atoms with Crippen molar-refractivity contribution in [2.75, 3.05) is 16.4 Å². The quantitative estimate of drug-likeness (QED) is 0.298. The molecule has 0 saturated heterocycles. The first-order valence-electron chi connectivity index (χ1n) is 11.3. The molecule has 0 saturated carbocycles. The van der Waals surface area contributed by atoms with Crippen molar-refractivity contribution >= 4 is 29.3 Å². The average Bonchev–Trinajstić information content (AvgIpc) is 3.43. The molecule has 38 heavy (non-hydrogen) atoms. The number of carbonyl (C=O) groups excluding carboxylic acids is 2. The van der Waals surface area contributed by atoms with Crippen molar-refractivity contribution in [2.24, 2.45) is 5.73 Å². The topological polar surface area (TPSA) is 146 Å². The van der Waals surface area contributed by atoms with Gasteiger partial charge < -0.3 is 16.8 Å². The molecule has 0 aliphatic heterocycles. The van der Waals surface area contributed by atoms with Crippen molar-refractivity contribution in [1.29, 1.82) is 0 Å². The molecule has 0 bridgehead atoms. The Hall–Kier alpha value is -4.81. The molecular weight excluding hydrogens is 501 g/mol. The number of primary amides is 1. The number of hydrogen-bond acceptors (Lipinski definition) is 5. The van der Waals surface area contributed by atoms with Gasteiger partial charge in [-0.2, -0.15) is 18.3 Å². The van der Waals surface area contributed by atoms with Gasteiger partial charge in [-0.15, -0.1) is 0 Å². The van der Waals surface area contributed by atoms with Crippen LogP contribution in [-0.4, -0.2) is 31.3 Å². The number of benzene rings is 2.